The molecular weight excluding hydrogens is 155 g/mol. The van der Waals surface area contributed by atoms with Crippen molar-refractivity contribution in [2.24, 2.45) is 5.73 Å². The summed E-state index contributed by atoms with van der Waals surface area (Å²) in [5, 5.41) is 7.42. The normalized spacial score (nSPS) is 9.00. The van der Waals surface area contributed by atoms with Gasteiger partial charge < -0.3 is 5.73 Å². The van der Waals surface area contributed by atoms with Gasteiger partial charge in [-0.2, -0.15) is 0 Å². The van der Waals surface area contributed by atoms with Crippen LogP contribution < -0.4 is 5.73 Å². The fraction of sp³-hybridized carbons (Fsp3) is 0.750. The third-order valence-corrected chi connectivity index (χ3v) is 0.357. The van der Waals surface area contributed by atoms with Crippen LogP contribution in [0, 0.1) is 11.5 Å². The number of nitriles is 1. The van der Waals surface area contributed by atoms with E-state index in [4.69, 9.17) is 15.9 Å². The monoisotopic (exact) mass is 165 g/mol. The molecule has 0 amide bonds. The first kappa shape index (κ1) is 12.0. The third-order valence-electron chi connectivity index (χ3n) is 0.119. The Kier molecular flexibility index (Phi) is 10.00. The van der Waals surface area contributed by atoms with Gasteiger partial charge in [-0.25, -0.2) is 0 Å². The minimum atomic E-state index is -2.71. The van der Waals surface area contributed by atoms with Crippen LogP contribution in [0.1, 0.15) is 13.8 Å². The second-order valence-corrected chi connectivity index (χ2v) is 2.32. The maximum absolute atomic E-state index is 9.30. The number of rotatable bonds is 1. The molecule has 0 aliphatic heterocycles. The summed E-state index contributed by atoms with van der Waals surface area (Å²) in [6.07, 6.45) is 1.03. The van der Waals surface area contributed by atoms with Crippen molar-refractivity contribution in [1.29, 1.82) is 5.26 Å². The molecular formula is C4H10N2O3P+. The maximum Gasteiger partial charge on any atom is 0.758 e. The molecule has 5 nitrogen and oxygen atoms in total. The summed E-state index contributed by atoms with van der Waals surface area (Å²) in [7, 11) is -2.71. The lowest BCUT2D eigenvalue weighted by Gasteiger charge is -1.81. The molecule has 0 heterocycles. The predicted molar refractivity (Wildman–Crippen MR) is 35.8 cm³/mol. The van der Waals surface area contributed by atoms with E-state index >= 15 is 0 Å². The SMILES string of the molecule is CC(C)N.N#CO[P+](=O)O. The maximum atomic E-state index is 9.30. The highest BCUT2D eigenvalue weighted by atomic mass is 31.1. The minimum Gasteiger partial charge on any atom is -0.328 e. The standard InChI is InChI=1S/C3H9N.CNO3P/c1-3(2)4;2-1-5-6(3)4/h3H,4H2,1-2H3;/p+1. The van der Waals surface area contributed by atoms with Crippen LogP contribution in [0.25, 0.3) is 0 Å². The van der Waals surface area contributed by atoms with E-state index in [9.17, 15) is 4.57 Å². The third kappa shape index (κ3) is 54.5. The summed E-state index contributed by atoms with van der Waals surface area (Å²) in [6, 6.07) is 0.333. The molecule has 0 aromatic rings. The van der Waals surface area contributed by atoms with Gasteiger partial charge in [-0.1, -0.05) is 13.8 Å². The van der Waals surface area contributed by atoms with Gasteiger partial charge in [0, 0.05) is 4.57 Å². The summed E-state index contributed by atoms with van der Waals surface area (Å²) >= 11 is 0. The fourth-order valence-corrected chi connectivity index (χ4v) is 0.105. The van der Waals surface area contributed by atoms with Crippen LogP contribution in [0.4, 0.5) is 0 Å². The van der Waals surface area contributed by atoms with Gasteiger partial charge in [-0.05, 0) is 6.04 Å². The summed E-state index contributed by atoms with van der Waals surface area (Å²) in [5.74, 6) is 0. The molecule has 0 fully saturated rings. The zero-order valence-corrected chi connectivity index (χ0v) is 6.71. The second-order valence-electron chi connectivity index (χ2n) is 1.66. The Hall–Kier alpha value is -0.690. The van der Waals surface area contributed by atoms with Crippen LogP contribution in [-0.2, 0) is 9.09 Å². The molecule has 3 N–H and O–H groups in total. The Morgan fingerprint density at radius 2 is 2.10 bits per heavy atom. The summed E-state index contributed by atoms with van der Waals surface area (Å²) in [4.78, 5) is 7.62. The van der Waals surface area contributed by atoms with E-state index in [1.807, 2.05) is 13.8 Å². The minimum absolute atomic E-state index is 0.333. The molecule has 0 aliphatic rings. The first-order valence-electron chi connectivity index (χ1n) is 2.48. The molecule has 1 atom stereocenters. The van der Waals surface area contributed by atoms with E-state index in [1.165, 1.54) is 0 Å². The van der Waals surface area contributed by atoms with Crippen LogP contribution in [-0.4, -0.2) is 10.9 Å². The van der Waals surface area contributed by atoms with Crippen molar-refractivity contribution >= 4 is 8.25 Å². The molecule has 0 aliphatic carbocycles. The van der Waals surface area contributed by atoms with E-state index in [-0.39, 0.29) is 0 Å². The second kappa shape index (κ2) is 8.31. The summed E-state index contributed by atoms with van der Waals surface area (Å²) in [5.41, 5.74) is 5.11. The molecule has 0 spiro atoms. The van der Waals surface area contributed by atoms with Crippen molar-refractivity contribution in [2.45, 2.75) is 19.9 Å². The quantitative estimate of drug-likeness (QED) is 0.435. The Morgan fingerprint density at radius 1 is 1.80 bits per heavy atom. The van der Waals surface area contributed by atoms with E-state index in [2.05, 4.69) is 4.52 Å². The molecule has 0 rings (SSSR count). The lowest BCUT2D eigenvalue weighted by molar-refractivity contribution is 0.389. The van der Waals surface area contributed by atoms with Crippen molar-refractivity contribution in [1.82, 2.24) is 0 Å². The van der Waals surface area contributed by atoms with Crippen LogP contribution in [0.15, 0.2) is 0 Å². The predicted octanol–water partition coefficient (Wildman–Crippen LogP) is 0.487. The van der Waals surface area contributed by atoms with Gasteiger partial charge in [0.2, 0.25) is 0 Å². The molecule has 10 heavy (non-hydrogen) atoms. The summed E-state index contributed by atoms with van der Waals surface area (Å²) < 4.78 is 12.7. The average molecular weight is 165 g/mol. The largest absolute Gasteiger partial charge is 0.758 e. The smallest absolute Gasteiger partial charge is 0.328 e. The molecule has 0 saturated carbocycles. The molecule has 0 bridgehead atoms. The highest BCUT2D eigenvalue weighted by molar-refractivity contribution is 7.32. The first-order valence-corrected chi connectivity index (χ1v) is 3.61. The van der Waals surface area contributed by atoms with Crippen LogP contribution >= 0.6 is 8.25 Å². The average Bonchev–Trinajstić information content (AvgIpc) is 1.62. The van der Waals surface area contributed by atoms with E-state index in [0.717, 1.165) is 6.26 Å². The molecule has 58 valence electrons. The van der Waals surface area contributed by atoms with E-state index < -0.39 is 8.25 Å². The molecule has 1 unspecified atom stereocenters. The number of nitrogens with zero attached hydrogens (tertiary/aromatic N) is 1. The van der Waals surface area contributed by atoms with Gasteiger partial charge in [0.25, 0.3) is 0 Å². The molecule has 0 radical (unpaired) electrons. The molecule has 6 heteroatoms. The lowest BCUT2D eigenvalue weighted by Crippen LogP contribution is -2.06. The van der Waals surface area contributed by atoms with Crippen molar-refractivity contribution in [3.05, 3.63) is 0 Å². The highest BCUT2D eigenvalue weighted by Gasteiger charge is 2.08. The Bertz CT molecular complexity index is 128. The van der Waals surface area contributed by atoms with Crippen molar-refractivity contribution < 1.29 is 14.0 Å². The fourth-order valence-electron chi connectivity index (χ4n) is 0.0349. The zero-order valence-electron chi connectivity index (χ0n) is 5.81. The van der Waals surface area contributed by atoms with Crippen molar-refractivity contribution in [3.63, 3.8) is 0 Å². The van der Waals surface area contributed by atoms with Crippen LogP contribution in [0.5, 0.6) is 0 Å². The van der Waals surface area contributed by atoms with Crippen molar-refractivity contribution in [3.8, 4) is 6.26 Å². The van der Waals surface area contributed by atoms with Crippen LogP contribution in [0.3, 0.4) is 0 Å². The molecule has 0 aromatic carbocycles. The number of hydrogen-bond donors (Lipinski definition) is 2. The lowest BCUT2D eigenvalue weighted by atomic mass is 10.5. The first-order chi connectivity index (χ1) is 4.50. The highest BCUT2D eigenvalue weighted by Crippen LogP contribution is 2.11. The Balaban J connectivity index is 0. The van der Waals surface area contributed by atoms with Crippen molar-refractivity contribution in [2.75, 3.05) is 0 Å². The van der Waals surface area contributed by atoms with E-state index in [0.29, 0.717) is 6.04 Å². The van der Waals surface area contributed by atoms with Gasteiger partial charge in [0.15, 0.2) is 0 Å². The Morgan fingerprint density at radius 3 is 2.10 bits per heavy atom. The topological polar surface area (TPSA) is 96.3 Å². The summed E-state index contributed by atoms with van der Waals surface area (Å²) in [6.45, 7) is 3.89. The van der Waals surface area contributed by atoms with Gasteiger partial charge in [0.1, 0.15) is 0 Å². The van der Waals surface area contributed by atoms with Gasteiger partial charge in [-0.15, -0.1) is 14.7 Å². The molecule has 0 saturated heterocycles. The van der Waals surface area contributed by atoms with Gasteiger partial charge in [-0.3, -0.25) is 0 Å². The molecule has 0 aromatic heterocycles. The number of nitrogens with two attached hydrogens (primary N) is 1. The van der Waals surface area contributed by atoms with Gasteiger partial charge >= 0.3 is 14.5 Å². The Labute approximate surface area is 60.4 Å². The van der Waals surface area contributed by atoms with E-state index in [1.54, 1.807) is 0 Å². The zero-order chi connectivity index (χ0) is 8.57. The number of hydrogen-bond acceptors (Lipinski definition) is 4. The van der Waals surface area contributed by atoms with Crippen LogP contribution in [0.2, 0.25) is 0 Å². The van der Waals surface area contributed by atoms with Gasteiger partial charge in [0.05, 0.1) is 0 Å².